The number of rotatable bonds is 4. The molecule has 2 heterocycles. The number of aryl methyl sites for hydroxylation is 2. The smallest absolute Gasteiger partial charge is 0.259 e. The molecule has 2 unspecified atom stereocenters. The Morgan fingerprint density at radius 1 is 1.35 bits per heavy atom. The third kappa shape index (κ3) is 3.49. The Balaban J connectivity index is 1.74. The van der Waals surface area contributed by atoms with Crippen LogP contribution in [-0.4, -0.2) is 39.7 Å². The van der Waals surface area contributed by atoms with Crippen LogP contribution in [-0.2, 0) is 6.54 Å². The van der Waals surface area contributed by atoms with E-state index in [0.717, 1.165) is 46.5 Å². The summed E-state index contributed by atoms with van der Waals surface area (Å²) in [4.78, 5) is 24.0. The lowest BCUT2D eigenvalue weighted by molar-refractivity contribution is 0.0497. The monoisotopic (exact) mass is 335 g/mol. The fourth-order valence-electron chi connectivity index (χ4n) is 3.50. The van der Waals surface area contributed by atoms with Crippen LogP contribution in [0.1, 0.15) is 41.9 Å². The number of fused-ring (bicyclic) bond motifs is 1. The topological polar surface area (TPSA) is 69.2 Å². The molecule has 2 aromatic heterocycles. The van der Waals surface area contributed by atoms with E-state index in [1.807, 2.05) is 20.9 Å². The average Bonchev–Trinajstić information content (AvgIpc) is 2.76. The summed E-state index contributed by atoms with van der Waals surface area (Å²) in [5.41, 5.74) is 0.988. The minimum absolute atomic E-state index is 0.0436. The second kappa shape index (κ2) is 6.71. The van der Waals surface area contributed by atoms with Gasteiger partial charge in [-0.3, -0.25) is 9.69 Å². The molecule has 1 fully saturated rings. The van der Waals surface area contributed by atoms with Gasteiger partial charge in [0.05, 0.1) is 18.0 Å². The third-order valence-corrected chi connectivity index (χ3v) is 6.02. The summed E-state index contributed by atoms with van der Waals surface area (Å²) < 4.78 is 0. The molecule has 23 heavy (non-hydrogen) atoms. The van der Waals surface area contributed by atoms with Crippen molar-refractivity contribution in [2.75, 3.05) is 13.6 Å². The zero-order chi connectivity index (χ0) is 16.6. The Morgan fingerprint density at radius 2 is 2.09 bits per heavy atom. The first-order chi connectivity index (χ1) is 11.0. The quantitative estimate of drug-likeness (QED) is 0.901. The van der Waals surface area contributed by atoms with E-state index >= 15 is 0 Å². The number of aromatic nitrogens is 2. The summed E-state index contributed by atoms with van der Waals surface area (Å²) >= 11 is 1.58. The predicted octanol–water partition coefficient (Wildman–Crippen LogP) is 2.58. The molecule has 1 saturated carbocycles. The lowest BCUT2D eigenvalue weighted by Crippen LogP contribution is -2.35. The Labute approximate surface area is 140 Å². The molecule has 1 aliphatic rings. The number of thiophene rings is 1. The first-order valence-electron chi connectivity index (χ1n) is 8.31. The van der Waals surface area contributed by atoms with Crippen LogP contribution in [0.4, 0.5) is 0 Å². The van der Waals surface area contributed by atoms with Gasteiger partial charge in [0.15, 0.2) is 0 Å². The Kier molecular flexibility index (Phi) is 4.85. The number of nitrogens with one attached hydrogen (secondary N) is 1. The Hall–Kier alpha value is -1.24. The van der Waals surface area contributed by atoms with Gasteiger partial charge in [0.2, 0.25) is 0 Å². The summed E-state index contributed by atoms with van der Waals surface area (Å²) in [5.74, 6) is 1.03. The van der Waals surface area contributed by atoms with Crippen LogP contribution in [0.3, 0.4) is 0 Å². The van der Waals surface area contributed by atoms with E-state index in [1.165, 1.54) is 6.42 Å². The number of aromatic amines is 1. The van der Waals surface area contributed by atoms with E-state index in [2.05, 4.69) is 14.9 Å². The maximum atomic E-state index is 12.3. The molecule has 0 aromatic carbocycles. The highest BCUT2D eigenvalue weighted by Gasteiger charge is 2.24. The van der Waals surface area contributed by atoms with E-state index in [1.54, 1.807) is 11.3 Å². The third-order valence-electron chi connectivity index (χ3n) is 4.92. The van der Waals surface area contributed by atoms with E-state index < -0.39 is 0 Å². The second-order valence-corrected chi connectivity index (χ2v) is 7.99. The van der Waals surface area contributed by atoms with Gasteiger partial charge in [0, 0.05) is 11.4 Å². The molecule has 2 N–H and O–H groups in total. The second-order valence-electron chi connectivity index (χ2n) is 6.78. The molecule has 5 nitrogen and oxygen atoms in total. The highest BCUT2D eigenvalue weighted by atomic mass is 32.1. The molecule has 0 radical (unpaired) electrons. The first-order valence-corrected chi connectivity index (χ1v) is 9.13. The fourth-order valence-corrected chi connectivity index (χ4v) is 4.54. The van der Waals surface area contributed by atoms with Crippen LogP contribution >= 0.6 is 11.3 Å². The zero-order valence-corrected chi connectivity index (χ0v) is 14.9. The Morgan fingerprint density at radius 3 is 2.83 bits per heavy atom. The molecular weight excluding hydrogens is 310 g/mol. The predicted molar refractivity (Wildman–Crippen MR) is 94.0 cm³/mol. The molecule has 6 heteroatoms. The van der Waals surface area contributed by atoms with Crippen molar-refractivity contribution in [3.8, 4) is 0 Å². The molecule has 126 valence electrons. The summed E-state index contributed by atoms with van der Waals surface area (Å²) in [6, 6.07) is 0. The highest BCUT2D eigenvalue weighted by Crippen LogP contribution is 2.27. The van der Waals surface area contributed by atoms with Crippen molar-refractivity contribution in [1.29, 1.82) is 0 Å². The maximum absolute atomic E-state index is 12.3. The summed E-state index contributed by atoms with van der Waals surface area (Å²) in [7, 11) is 2.02. The number of H-pyrrole nitrogens is 1. The summed E-state index contributed by atoms with van der Waals surface area (Å²) in [6.07, 6.45) is 4.13. The largest absolute Gasteiger partial charge is 0.393 e. The molecule has 0 saturated heterocycles. The van der Waals surface area contributed by atoms with E-state index in [0.29, 0.717) is 18.3 Å². The van der Waals surface area contributed by atoms with Crippen LogP contribution in [0, 0.1) is 19.8 Å². The van der Waals surface area contributed by atoms with Gasteiger partial charge in [-0.2, -0.15) is 0 Å². The van der Waals surface area contributed by atoms with Gasteiger partial charge in [0.1, 0.15) is 10.7 Å². The van der Waals surface area contributed by atoms with Gasteiger partial charge in [-0.1, -0.05) is 12.8 Å². The van der Waals surface area contributed by atoms with Gasteiger partial charge in [-0.15, -0.1) is 11.3 Å². The van der Waals surface area contributed by atoms with Gasteiger partial charge in [-0.25, -0.2) is 4.98 Å². The maximum Gasteiger partial charge on any atom is 0.259 e. The minimum atomic E-state index is -0.191. The molecule has 0 amide bonds. The standard InChI is InChI=1S/C17H25N3O2S/c1-10-11(2)23-17-15(10)16(22)18-14(19-17)9-20(3)8-12-6-4-5-7-13(12)21/h12-13,21H,4-9H2,1-3H3,(H,18,19,22). The van der Waals surface area contributed by atoms with Crippen LogP contribution in [0.25, 0.3) is 10.2 Å². The normalized spacial score (nSPS) is 22.1. The Bertz CT molecular complexity index is 752. The van der Waals surface area contributed by atoms with Crippen molar-refractivity contribution in [2.45, 2.75) is 52.2 Å². The number of hydrogen-bond acceptors (Lipinski definition) is 5. The van der Waals surface area contributed by atoms with Crippen molar-refractivity contribution >= 4 is 21.6 Å². The molecule has 0 bridgehead atoms. The van der Waals surface area contributed by atoms with Crippen molar-refractivity contribution in [3.63, 3.8) is 0 Å². The lowest BCUT2D eigenvalue weighted by atomic mass is 9.86. The van der Waals surface area contributed by atoms with Gasteiger partial charge in [-0.05, 0) is 45.2 Å². The van der Waals surface area contributed by atoms with Crippen LogP contribution in [0.2, 0.25) is 0 Å². The molecular formula is C17H25N3O2S. The van der Waals surface area contributed by atoms with E-state index in [-0.39, 0.29) is 11.7 Å². The zero-order valence-electron chi connectivity index (χ0n) is 14.1. The van der Waals surface area contributed by atoms with Crippen molar-refractivity contribution in [3.05, 3.63) is 26.6 Å². The van der Waals surface area contributed by atoms with Crippen molar-refractivity contribution < 1.29 is 5.11 Å². The first kappa shape index (κ1) is 16.6. The number of aliphatic hydroxyl groups excluding tert-OH is 1. The number of nitrogens with zero attached hydrogens (tertiary/aromatic N) is 2. The fraction of sp³-hybridized carbons (Fsp3) is 0.647. The number of aliphatic hydroxyl groups is 1. The van der Waals surface area contributed by atoms with Crippen LogP contribution in [0.15, 0.2) is 4.79 Å². The highest BCUT2D eigenvalue weighted by molar-refractivity contribution is 7.18. The number of hydrogen-bond donors (Lipinski definition) is 2. The van der Waals surface area contributed by atoms with Crippen LogP contribution < -0.4 is 5.56 Å². The average molecular weight is 335 g/mol. The molecule has 3 rings (SSSR count). The van der Waals surface area contributed by atoms with Gasteiger partial charge in [0.25, 0.3) is 5.56 Å². The SMILES string of the molecule is Cc1sc2nc(CN(C)CC3CCCCC3O)[nH]c(=O)c2c1C. The molecule has 0 spiro atoms. The molecule has 2 aromatic rings. The van der Waals surface area contributed by atoms with Gasteiger partial charge < -0.3 is 10.1 Å². The van der Waals surface area contributed by atoms with Gasteiger partial charge >= 0.3 is 0 Å². The lowest BCUT2D eigenvalue weighted by Gasteiger charge is -2.31. The van der Waals surface area contributed by atoms with Crippen molar-refractivity contribution in [1.82, 2.24) is 14.9 Å². The van der Waals surface area contributed by atoms with E-state index in [4.69, 9.17) is 0 Å². The van der Waals surface area contributed by atoms with Crippen molar-refractivity contribution in [2.24, 2.45) is 5.92 Å². The molecule has 2 atom stereocenters. The minimum Gasteiger partial charge on any atom is -0.393 e. The van der Waals surface area contributed by atoms with Crippen LogP contribution in [0.5, 0.6) is 0 Å². The summed E-state index contributed by atoms with van der Waals surface area (Å²) in [5, 5.41) is 10.8. The molecule has 0 aliphatic heterocycles. The van der Waals surface area contributed by atoms with E-state index in [9.17, 15) is 9.90 Å². The summed E-state index contributed by atoms with van der Waals surface area (Å²) in [6.45, 7) is 5.44. The molecule has 1 aliphatic carbocycles.